The van der Waals surface area contributed by atoms with Crippen molar-refractivity contribution in [1.29, 1.82) is 0 Å². The second-order valence-corrected chi connectivity index (χ2v) is 9.42. The maximum atomic E-state index is 13.0. The average Bonchev–Trinajstić information content (AvgIpc) is 3.60. The molecule has 3 aromatic heterocycles. The van der Waals surface area contributed by atoms with Crippen molar-refractivity contribution in [3.63, 3.8) is 0 Å². The van der Waals surface area contributed by atoms with Crippen LogP contribution in [-0.2, 0) is 13.1 Å². The van der Waals surface area contributed by atoms with Gasteiger partial charge in [-0.3, -0.25) is 9.69 Å². The second kappa shape index (κ2) is 9.93. The minimum Gasteiger partial charge on any atom is -0.468 e. The third-order valence-corrected chi connectivity index (χ3v) is 6.88. The molecule has 1 aliphatic carbocycles. The van der Waals surface area contributed by atoms with Gasteiger partial charge in [0, 0.05) is 17.6 Å². The van der Waals surface area contributed by atoms with E-state index in [-0.39, 0.29) is 11.6 Å². The predicted octanol–water partition coefficient (Wildman–Crippen LogP) is 5.07. The largest absolute Gasteiger partial charge is 0.468 e. The van der Waals surface area contributed by atoms with Crippen LogP contribution in [0.1, 0.15) is 80.2 Å². The summed E-state index contributed by atoms with van der Waals surface area (Å²) in [6.07, 6.45) is 8.20. The van der Waals surface area contributed by atoms with E-state index in [1.165, 1.54) is 12.8 Å². The molecule has 0 saturated heterocycles. The van der Waals surface area contributed by atoms with E-state index in [9.17, 15) is 4.79 Å². The summed E-state index contributed by atoms with van der Waals surface area (Å²) in [6.45, 7) is 5.28. The standard InChI is InChI=1S/C26H32N6O2/c1-3-7-24(25-28-29-30-32(25)21-8-4-5-9-21)31(17-22-10-6-13-34-22)16-20-15-19-14-18(2)11-12-23(19)27-26(20)33/h6,10-15,21,24H,3-5,7-9,16-17H2,1-2H3,(H,27,33)/t24-/m0/s1. The fraction of sp³-hybridized carbons (Fsp3) is 0.462. The van der Waals surface area contributed by atoms with Gasteiger partial charge in [0.2, 0.25) is 0 Å². The van der Waals surface area contributed by atoms with Gasteiger partial charge in [-0.2, -0.15) is 0 Å². The average molecular weight is 461 g/mol. The van der Waals surface area contributed by atoms with Crippen molar-refractivity contribution in [2.75, 3.05) is 0 Å². The number of nitrogens with one attached hydrogen (secondary N) is 1. The number of pyridine rings is 1. The summed E-state index contributed by atoms with van der Waals surface area (Å²) in [5.74, 6) is 1.74. The molecule has 8 heteroatoms. The lowest BCUT2D eigenvalue weighted by atomic mass is 10.1. The molecule has 178 valence electrons. The molecule has 1 saturated carbocycles. The minimum absolute atomic E-state index is 0.0293. The van der Waals surface area contributed by atoms with Crippen molar-refractivity contribution in [3.05, 3.63) is 75.7 Å². The van der Waals surface area contributed by atoms with Gasteiger partial charge in [0.05, 0.1) is 24.9 Å². The summed E-state index contributed by atoms with van der Waals surface area (Å²) >= 11 is 0. The highest BCUT2D eigenvalue weighted by Crippen LogP contribution is 2.34. The molecule has 0 radical (unpaired) electrons. The van der Waals surface area contributed by atoms with Gasteiger partial charge in [0.15, 0.2) is 5.82 Å². The monoisotopic (exact) mass is 460 g/mol. The third-order valence-electron chi connectivity index (χ3n) is 6.88. The highest BCUT2D eigenvalue weighted by Gasteiger charge is 2.30. The fourth-order valence-electron chi connectivity index (χ4n) is 5.16. The first kappa shape index (κ1) is 22.5. The van der Waals surface area contributed by atoms with Gasteiger partial charge in [-0.1, -0.05) is 37.8 Å². The topological polar surface area (TPSA) is 92.8 Å². The van der Waals surface area contributed by atoms with E-state index in [2.05, 4.69) is 45.3 Å². The lowest BCUT2D eigenvalue weighted by molar-refractivity contribution is 0.142. The van der Waals surface area contributed by atoms with Crippen LogP contribution in [0.25, 0.3) is 10.9 Å². The molecule has 0 aliphatic heterocycles. The summed E-state index contributed by atoms with van der Waals surface area (Å²) in [6, 6.07) is 12.3. The Morgan fingerprint density at radius 2 is 2.06 bits per heavy atom. The van der Waals surface area contributed by atoms with Crippen LogP contribution >= 0.6 is 0 Å². The van der Waals surface area contributed by atoms with E-state index in [1.807, 2.05) is 35.0 Å². The predicted molar refractivity (Wildman–Crippen MR) is 130 cm³/mol. The van der Waals surface area contributed by atoms with E-state index in [4.69, 9.17) is 4.42 Å². The normalized spacial score (nSPS) is 15.5. The van der Waals surface area contributed by atoms with Crippen molar-refractivity contribution in [3.8, 4) is 0 Å². The highest BCUT2D eigenvalue weighted by molar-refractivity contribution is 5.79. The number of tetrazole rings is 1. The molecular weight excluding hydrogens is 428 g/mol. The molecule has 3 heterocycles. The maximum absolute atomic E-state index is 13.0. The molecule has 0 unspecified atom stereocenters. The maximum Gasteiger partial charge on any atom is 0.252 e. The zero-order valence-electron chi connectivity index (χ0n) is 19.9. The first-order valence-electron chi connectivity index (χ1n) is 12.3. The van der Waals surface area contributed by atoms with Gasteiger partial charge in [0.1, 0.15) is 5.76 Å². The number of H-pyrrole nitrogens is 1. The number of fused-ring (bicyclic) bond motifs is 1. The van der Waals surface area contributed by atoms with Crippen LogP contribution in [0, 0.1) is 6.92 Å². The van der Waals surface area contributed by atoms with Gasteiger partial charge in [-0.25, -0.2) is 4.68 Å². The third kappa shape index (κ3) is 4.68. The van der Waals surface area contributed by atoms with Crippen LogP contribution in [-0.4, -0.2) is 30.1 Å². The number of aryl methyl sites for hydroxylation is 1. The smallest absolute Gasteiger partial charge is 0.252 e. The van der Waals surface area contributed by atoms with Crippen molar-refractivity contribution < 1.29 is 4.42 Å². The van der Waals surface area contributed by atoms with Gasteiger partial charge in [-0.05, 0) is 72.3 Å². The van der Waals surface area contributed by atoms with Gasteiger partial charge in [0.25, 0.3) is 5.56 Å². The van der Waals surface area contributed by atoms with E-state index in [1.54, 1.807) is 6.26 Å². The summed E-state index contributed by atoms with van der Waals surface area (Å²) in [5.41, 5.74) is 2.68. The number of aromatic amines is 1. The van der Waals surface area contributed by atoms with E-state index >= 15 is 0 Å². The van der Waals surface area contributed by atoms with Gasteiger partial charge in [-0.15, -0.1) is 5.10 Å². The molecule has 0 bridgehead atoms. The Kier molecular flexibility index (Phi) is 6.58. The Balaban J connectivity index is 1.54. The molecule has 1 aromatic carbocycles. The van der Waals surface area contributed by atoms with E-state index in [0.717, 1.165) is 59.3 Å². The van der Waals surface area contributed by atoms with Crippen LogP contribution in [0.5, 0.6) is 0 Å². The summed E-state index contributed by atoms with van der Waals surface area (Å²) < 4.78 is 7.75. The SMILES string of the molecule is CCC[C@@H](c1nnnn1C1CCCC1)N(Cc1ccco1)Cc1cc2cc(C)ccc2[nH]c1=O. The van der Waals surface area contributed by atoms with Crippen molar-refractivity contribution in [2.45, 2.75) is 77.5 Å². The number of hydrogen-bond acceptors (Lipinski definition) is 6. The molecule has 1 N–H and O–H groups in total. The van der Waals surface area contributed by atoms with Crippen LogP contribution in [0.3, 0.4) is 0 Å². The lowest BCUT2D eigenvalue weighted by Gasteiger charge is -2.31. The van der Waals surface area contributed by atoms with Crippen LogP contribution in [0.4, 0.5) is 0 Å². The summed E-state index contributed by atoms with van der Waals surface area (Å²) in [7, 11) is 0. The number of furan rings is 1. The van der Waals surface area contributed by atoms with Crippen molar-refractivity contribution in [1.82, 2.24) is 30.1 Å². The molecule has 1 atom stereocenters. The molecular formula is C26H32N6O2. The highest BCUT2D eigenvalue weighted by atomic mass is 16.3. The molecule has 4 aromatic rings. The Morgan fingerprint density at radius 3 is 2.82 bits per heavy atom. The molecule has 8 nitrogen and oxygen atoms in total. The number of aromatic nitrogens is 5. The first-order valence-corrected chi connectivity index (χ1v) is 12.3. The summed E-state index contributed by atoms with van der Waals surface area (Å²) in [5, 5.41) is 14.0. The van der Waals surface area contributed by atoms with E-state index in [0.29, 0.717) is 19.1 Å². The number of rotatable bonds is 9. The molecule has 0 spiro atoms. The summed E-state index contributed by atoms with van der Waals surface area (Å²) in [4.78, 5) is 18.4. The Hall–Kier alpha value is -3.26. The quantitative estimate of drug-likeness (QED) is 0.375. The van der Waals surface area contributed by atoms with Crippen molar-refractivity contribution in [2.24, 2.45) is 0 Å². The molecule has 5 rings (SSSR count). The first-order chi connectivity index (χ1) is 16.6. The minimum atomic E-state index is -0.0635. The number of benzene rings is 1. The second-order valence-electron chi connectivity index (χ2n) is 9.42. The zero-order chi connectivity index (χ0) is 23.5. The number of nitrogens with zero attached hydrogens (tertiary/aromatic N) is 5. The Morgan fingerprint density at radius 1 is 1.21 bits per heavy atom. The van der Waals surface area contributed by atoms with Crippen molar-refractivity contribution >= 4 is 10.9 Å². The fourth-order valence-corrected chi connectivity index (χ4v) is 5.16. The van der Waals surface area contributed by atoms with Crippen LogP contribution in [0.15, 0.2) is 51.9 Å². The van der Waals surface area contributed by atoms with Gasteiger partial charge < -0.3 is 9.40 Å². The Bertz CT molecular complexity index is 1290. The van der Waals surface area contributed by atoms with Crippen LogP contribution in [0.2, 0.25) is 0 Å². The molecule has 1 fully saturated rings. The number of hydrogen-bond donors (Lipinski definition) is 1. The Labute approximate surface area is 199 Å². The molecule has 0 amide bonds. The van der Waals surface area contributed by atoms with Crippen LogP contribution < -0.4 is 5.56 Å². The molecule has 1 aliphatic rings. The van der Waals surface area contributed by atoms with E-state index < -0.39 is 0 Å². The molecule has 34 heavy (non-hydrogen) atoms. The lowest BCUT2D eigenvalue weighted by Crippen LogP contribution is -2.33. The van der Waals surface area contributed by atoms with Gasteiger partial charge >= 0.3 is 0 Å². The zero-order valence-corrected chi connectivity index (χ0v) is 19.9.